The number of rotatable bonds is 4. The van der Waals surface area contributed by atoms with Crippen LogP contribution in [0.3, 0.4) is 0 Å². The zero-order valence-electron chi connectivity index (χ0n) is 12.8. The van der Waals surface area contributed by atoms with Gasteiger partial charge in [-0.3, -0.25) is 9.59 Å². The van der Waals surface area contributed by atoms with Crippen molar-refractivity contribution in [2.75, 3.05) is 13.2 Å². The first-order chi connectivity index (χ1) is 11.6. The molecule has 24 heavy (non-hydrogen) atoms. The molecule has 2 atom stereocenters. The van der Waals surface area contributed by atoms with Gasteiger partial charge in [-0.15, -0.1) is 0 Å². The highest BCUT2D eigenvalue weighted by Gasteiger charge is 2.29. The number of ether oxygens (including phenoxy) is 2. The number of benzene rings is 1. The van der Waals surface area contributed by atoms with E-state index in [1.807, 2.05) is 0 Å². The molecule has 0 spiro atoms. The quantitative estimate of drug-likeness (QED) is 0.889. The maximum absolute atomic E-state index is 13.3. The van der Waals surface area contributed by atoms with Crippen molar-refractivity contribution in [2.24, 2.45) is 0 Å². The molecule has 0 radical (unpaired) electrons. The lowest BCUT2D eigenvalue weighted by Gasteiger charge is -2.32. The zero-order chi connectivity index (χ0) is 16.9. The molecule has 2 heterocycles. The van der Waals surface area contributed by atoms with Crippen LogP contribution < -0.4 is 15.6 Å². The largest absolute Gasteiger partial charge is 0.488 e. The standard InChI is InChI=1S/C17H17FN2O4/c18-11-3-1-4-12(9-11)24-15-7-8-23-10-14(15)20-17(22)13-5-2-6-16(21)19-13/h1-6,9,14-15H,7-8,10H2,(H,19,21)(H,20,22)/t14-,15+/m1/s1. The van der Waals surface area contributed by atoms with Gasteiger partial charge in [0, 0.05) is 18.6 Å². The fourth-order valence-electron chi connectivity index (χ4n) is 2.54. The third-order valence-electron chi connectivity index (χ3n) is 3.71. The van der Waals surface area contributed by atoms with Crippen molar-refractivity contribution in [1.29, 1.82) is 0 Å². The molecular weight excluding hydrogens is 315 g/mol. The van der Waals surface area contributed by atoms with E-state index in [1.54, 1.807) is 12.1 Å². The Bertz CT molecular complexity index is 777. The molecule has 0 saturated carbocycles. The molecule has 1 saturated heterocycles. The minimum atomic E-state index is -0.420. The summed E-state index contributed by atoms with van der Waals surface area (Å²) < 4.78 is 24.5. The van der Waals surface area contributed by atoms with Gasteiger partial charge in [-0.1, -0.05) is 12.1 Å². The van der Waals surface area contributed by atoms with E-state index in [4.69, 9.17) is 9.47 Å². The second-order valence-electron chi connectivity index (χ2n) is 5.49. The van der Waals surface area contributed by atoms with Gasteiger partial charge in [-0.2, -0.15) is 0 Å². The summed E-state index contributed by atoms with van der Waals surface area (Å²) in [6.45, 7) is 0.775. The van der Waals surface area contributed by atoms with E-state index in [0.29, 0.717) is 18.8 Å². The lowest BCUT2D eigenvalue weighted by molar-refractivity contribution is -0.00304. The molecule has 1 aromatic carbocycles. The average Bonchev–Trinajstić information content (AvgIpc) is 2.57. The first-order valence-electron chi connectivity index (χ1n) is 7.62. The highest BCUT2D eigenvalue weighted by atomic mass is 19.1. The van der Waals surface area contributed by atoms with E-state index < -0.39 is 11.9 Å². The minimum absolute atomic E-state index is 0.164. The molecule has 3 rings (SSSR count). The van der Waals surface area contributed by atoms with Crippen LogP contribution >= 0.6 is 0 Å². The van der Waals surface area contributed by atoms with Gasteiger partial charge in [0.25, 0.3) is 5.91 Å². The van der Waals surface area contributed by atoms with Crippen LogP contribution in [0.25, 0.3) is 0 Å². The fourth-order valence-corrected chi connectivity index (χ4v) is 2.54. The maximum Gasteiger partial charge on any atom is 0.268 e. The molecule has 0 bridgehead atoms. The Hall–Kier alpha value is -2.67. The van der Waals surface area contributed by atoms with Crippen LogP contribution in [0.1, 0.15) is 16.9 Å². The highest BCUT2D eigenvalue weighted by Crippen LogP contribution is 2.19. The molecule has 2 N–H and O–H groups in total. The van der Waals surface area contributed by atoms with Crippen molar-refractivity contribution in [3.8, 4) is 5.75 Å². The summed E-state index contributed by atoms with van der Waals surface area (Å²) in [6, 6.07) is 9.80. The van der Waals surface area contributed by atoms with Gasteiger partial charge in [0.15, 0.2) is 0 Å². The molecular formula is C17H17FN2O4. The summed E-state index contributed by atoms with van der Waals surface area (Å²) in [5.41, 5.74) is -0.187. The Kier molecular flexibility index (Phi) is 4.90. The third-order valence-corrected chi connectivity index (χ3v) is 3.71. The molecule has 7 heteroatoms. The van der Waals surface area contributed by atoms with Gasteiger partial charge in [-0.05, 0) is 18.2 Å². The summed E-state index contributed by atoms with van der Waals surface area (Å²) in [5.74, 6) is -0.410. The Labute approximate surface area is 137 Å². The summed E-state index contributed by atoms with van der Waals surface area (Å²) >= 11 is 0. The minimum Gasteiger partial charge on any atom is -0.488 e. The summed E-state index contributed by atoms with van der Waals surface area (Å²) in [5, 5.41) is 2.79. The fraction of sp³-hybridized carbons (Fsp3) is 0.294. The second-order valence-corrected chi connectivity index (χ2v) is 5.49. The van der Waals surface area contributed by atoms with Gasteiger partial charge in [-0.25, -0.2) is 4.39 Å². The summed E-state index contributed by atoms with van der Waals surface area (Å²) in [4.78, 5) is 26.0. The number of aromatic amines is 1. The van der Waals surface area contributed by atoms with Gasteiger partial charge in [0.05, 0.1) is 19.3 Å². The monoisotopic (exact) mass is 332 g/mol. The van der Waals surface area contributed by atoms with Gasteiger partial charge < -0.3 is 19.8 Å². The van der Waals surface area contributed by atoms with E-state index in [-0.39, 0.29) is 29.8 Å². The van der Waals surface area contributed by atoms with Crippen LogP contribution in [0.15, 0.2) is 47.3 Å². The number of carbonyl (C=O) groups is 1. The lowest BCUT2D eigenvalue weighted by atomic mass is 10.1. The van der Waals surface area contributed by atoms with Crippen LogP contribution in [0.2, 0.25) is 0 Å². The van der Waals surface area contributed by atoms with Crippen molar-refractivity contribution in [2.45, 2.75) is 18.6 Å². The topological polar surface area (TPSA) is 80.4 Å². The Balaban J connectivity index is 1.70. The number of aromatic nitrogens is 1. The number of amides is 1. The number of halogens is 1. The van der Waals surface area contributed by atoms with Gasteiger partial charge in [0.1, 0.15) is 23.4 Å². The molecule has 6 nitrogen and oxygen atoms in total. The molecule has 1 aliphatic rings. The Morgan fingerprint density at radius 3 is 2.92 bits per heavy atom. The number of hydrogen-bond acceptors (Lipinski definition) is 4. The van der Waals surface area contributed by atoms with Crippen molar-refractivity contribution in [3.05, 3.63) is 64.3 Å². The number of carbonyl (C=O) groups excluding carboxylic acids is 1. The molecule has 1 amide bonds. The average molecular weight is 332 g/mol. The highest BCUT2D eigenvalue weighted by molar-refractivity contribution is 5.92. The second kappa shape index (κ2) is 7.27. The number of hydrogen-bond donors (Lipinski definition) is 2. The zero-order valence-corrected chi connectivity index (χ0v) is 12.8. The van der Waals surface area contributed by atoms with E-state index in [1.165, 1.54) is 30.3 Å². The SMILES string of the molecule is O=C(N[C@@H]1COCC[C@@H]1Oc1cccc(F)c1)c1cccc(=O)[nH]1. The third kappa shape index (κ3) is 3.99. The summed E-state index contributed by atoms with van der Waals surface area (Å²) in [7, 11) is 0. The van der Waals surface area contributed by atoms with E-state index in [9.17, 15) is 14.0 Å². The molecule has 0 aliphatic carbocycles. The molecule has 126 valence electrons. The molecule has 2 aromatic rings. The smallest absolute Gasteiger partial charge is 0.268 e. The van der Waals surface area contributed by atoms with E-state index in [2.05, 4.69) is 10.3 Å². The van der Waals surface area contributed by atoms with Crippen LogP contribution in [-0.4, -0.2) is 36.3 Å². The summed E-state index contributed by atoms with van der Waals surface area (Å²) in [6.07, 6.45) is 0.215. The van der Waals surface area contributed by atoms with E-state index in [0.717, 1.165) is 0 Å². The molecule has 0 unspecified atom stereocenters. The number of pyridine rings is 1. The van der Waals surface area contributed by atoms with Crippen LogP contribution in [0.4, 0.5) is 4.39 Å². The first kappa shape index (κ1) is 16.2. The van der Waals surface area contributed by atoms with Crippen LogP contribution in [-0.2, 0) is 4.74 Å². The Morgan fingerprint density at radius 2 is 2.12 bits per heavy atom. The van der Waals surface area contributed by atoms with E-state index >= 15 is 0 Å². The first-order valence-corrected chi connectivity index (χ1v) is 7.62. The van der Waals surface area contributed by atoms with Crippen molar-refractivity contribution in [1.82, 2.24) is 10.3 Å². The van der Waals surface area contributed by atoms with Crippen molar-refractivity contribution >= 4 is 5.91 Å². The number of nitrogens with one attached hydrogen (secondary N) is 2. The van der Waals surface area contributed by atoms with Gasteiger partial charge in [0.2, 0.25) is 5.56 Å². The van der Waals surface area contributed by atoms with Crippen molar-refractivity contribution in [3.63, 3.8) is 0 Å². The van der Waals surface area contributed by atoms with Crippen LogP contribution in [0, 0.1) is 5.82 Å². The normalized spacial score (nSPS) is 20.4. The Morgan fingerprint density at radius 1 is 1.29 bits per heavy atom. The molecule has 1 fully saturated rings. The maximum atomic E-state index is 13.3. The van der Waals surface area contributed by atoms with Crippen LogP contribution in [0.5, 0.6) is 5.75 Å². The molecule has 1 aromatic heterocycles. The lowest BCUT2D eigenvalue weighted by Crippen LogP contribution is -2.52. The predicted octanol–water partition coefficient (Wildman–Crippen LogP) is 1.48. The number of H-pyrrole nitrogens is 1. The molecule has 1 aliphatic heterocycles. The van der Waals surface area contributed by atoms with Gasteiger partial charge >= 0.3 is 0 Å². The van der Waals surface area contributed by atoms with Crippen molar-refractivity contribution < 1.29 is 18.7 Å². The predicted molar refractivity (Wildman–Crippen MR) is 84.6 cm³/mol.